The number of aromatic nitrogens is 1. The van der Waals surface area contributed by atoms with Crippen LogP contribution >= 0.6 is 0 Å². The van der Waals surface area contributed by atoms with Crippen LogP contribution in [0.4, 0.5) is 5.69 Å². The highest BCUT2D eigenvalue weighted by Crippen LogP contribution is 2.19. The Morgan fingerprint density at radius 3 is 2.86 bits per heavy atom. The molecule has 0 bridgehead atoms. The summed E-state index contributed by atoms with van der Waals surface area (Å²) in [4.78, 5) is 25.9. The lowest BCUT2D eigenvalue weighted by Crippen LogP contribution is -2.06. The van der Waals surface area contributed by atoms with Gasteiger partial charge < -0.3 is 13.9 Å². The highest BCUT2D eigenvalue weighted by Gasteiger charge is 2.12. The number of nitro groups is 1. The van der Waals surface area contributed by atoms with Crippen molar-refractivity contribution < 1.29 is 18.9 Å². The molecule has 0 fully saturated rings. The number of furan rings is 1. The van der Waals surface area contributed by atoms with Crippen LogP contribution < -0.4 is 5.63 Å². The van der Waals surface area contributed by atoms with Crippen molar-refractivity contribution in [3.05, 3.63) is 68.6 Å². The largest absolute Gasteiger partial charge is 0.504 e. The molecule has 0 amide bonds. The summed E-state index contributed by atoms with van der Waals surface area (Å²) in [5.74, 6) is -0.115. The molecule has 1 N–H and O–H groups in total. The second-order valence-electron chi connectivity index (χ2n) is 4.30. The highest BCUT2D eigenvalue weighted by molar-refractivity contribution is 5.78. The van der Waals surface area contributed by atoms with E-state index >= 15 is 0 Å². The number of aliphatic hydroxyl groups is 1. The lowest BCUT2D eigenvalue weighted by molar-refractivity contribution is -0.384. The molecule has 1 aromatic carbocycles. The minimum Gasteiger partial charge on any atom is -0.504 e. The Bertz CT molecular complexity index is 940. The van der Waals surface area contributed by atoms with Crippen LogP contribution in [0.5, 0.6) is 0 Å². The first-order chi connectivity index (χ1) is 10.5. The topological polar surface area (TPSA) is 120 Å². The molecule has 2 heterocycles. The van der Waals surface area contributed by atoms with Crippen molar-refractivity contribution >= 4 is 28.6 Å². The fourth-order valence-corrected chi connectivity index (χ4v) is 1.83. The second-order valence-corrected chi connectivity index (χ2v) is 4.30. The van der Waals surface area contributed by atoms with E-state index in [1.807, 2.05) is 0 Å². The Labute approximate surface area is 122 Å². The number of nitrogens with zero attached hydrogens (tertiary/aromatic N) is 2. The van der Waals surface area contributed by atoms with Crippen molar-refractivity contribution in [2.24, 2.45) is 0 Å². The average molecular weight is 300 g/mol. The molecule has 8 nitrogen and oxygen atoms in total. The molecular weight excluding hydrogens is 292 g/mol. The minimum atomic E-state index is -0.828. The minimum absolute atomic E-state index is 0.00571. The van der Waals surface area contributed by atoms with Gasteiger partial charge in [-0.3, -0.25) is 10.1 Å². The van der Waals surface area contributed by atoms with E-state index < -0.39 is 10.5 Å². The SMILES string of the molecule is O=c1oc2cc([N+](=O)[O-])ccc2nc1/C=C(/O)c1ccco1. The number of benzene rings is 1. The average Bonchev–Trinajstić information content (AvgIpc) is 3.01. The van der Waals surface area contributed by atoms with Crippen LogP contribution in [-0.2, 0) is 0 Å². The summed E-state index contributed by atoms with van der Waals surface area (Å²) >= 11 is 0. The quantitative estimate of drug-likeness (QED) is 0.448. The normalized spacial score (nSPS) is 11.7. The first-order valence-electron chi connectivity index (χ1n) is 6.08. The molecule has 0 aliphatic rings. The van der Waals surface area contributed by atoms with E-state index in [0.29, 0.717) is 0 Å². The van der Waals surface area contributed by atoms with Gasteiger partial charge in [-0.05, 0) is 18.2 Å². The number of fused-ring (bicyclic) bond motifs is 1. The van der Waals surface area contributed by atoms with Gasteiger partial charge >= 0.3 is 5.63 Å². The molecule has 22 heavy (non-hydrogen) atoms. The molecule has 0 spiro atoms. The van der Waals surface area contributed by atoms with Gasteiger partial charge in [-0.1, -0.05) is 0 Å². The van der Waals surface area contributed by atoms with Crippen LogP contribution in [0.25, 0.3) is 22.9 Å². The standard InChI is InChI=1S/C14H8N2O6/c17-11(12-2-1-5-21-12)7-10-14(18)22-13-6-8(16(19)20)3-4-9(13)15-10/h1-7,17H/b11-7+. The van der Waals surface area contributed by atoms with Gasteiger partial charge in [-0.2, -0.15) is 0 Å². The molecule has 0 atom stereocenters. The monoisotopic (exact) mass is 300 g/mol. The Morgan fingerprint density at radius 2 is 2.18 bits per heavy atom. The molecule has 3 aromatic rings. The van der Waals surface area contributed by atoms with Gasteiger partial charge in [0, 0.05) is 12.1 Å². The Kier molecular flexibility index (Phi) is 3.18. The summed E-state index contributed by atoms with van der Waals surface area (Å²) in [5.41, 5.74) is -0.932. The fraction of sp³-hybridized carbons (Fsp3) is 0. The maximum Gasteiger partial charge on any atom is 0.362 e. The van der Waals surface area contributed by atoms with Gasteiger partial charge in [0.15, 0.2) is 22.8 Å². The van der Waals surface area contributed by atoms with Gasteiger partial charge in [-0.25, -0.2) is 9.78 Å². The van der Waals surface area contributed by atoms with Crippen molar-refractivity contribution in [2.75, 3.05) is 0 Å². The van der Waals surface area contributed by atoms with E-state index in [0.717, 1.165) is 12.1 Å². The maximum atomic E-state index is 11.8. The molecule has 0 saturated heterocycles. The van der Waals surface area contributed by atoms with E-state index in [-0.39, 0.29) is 34.0 Å². The highest BCUT2D eigenvalue weighted by atomic mass is 16.6. The lowest BCUT2D eigenvalue weighted by Gasteiger charge is -1.99. The van der Waals surface area contributed by atoms with Crippen molar-refractivity contribution in [3.63, 3.8) is 0 Å². The van der Waals surface area contributed by atoms with Crippen molar-refractivity contribution in [3.8, 4) is 0 Å². The third-order valence-electron chi connectivity index (χ3n) is 2.85. The molecular formula is C14H8N2O6. The summed E-state index contributed by atoms with van der Waals surface area (Å²) in [7, 11) is 0. The maximum absolute atomic E-state index is 11.8. The van der Waals surface area contributed by atoms with E-state index in [1.54, 1.807) is 6.07 Å². The predicted octanol–water partition coefficient (Wildman–Crippen LogP) is 2.75. The summed E-state index contributed by atoms with van der Waals surface area (Å²) in [5, 5.41) is 20.5. The molecule has 8 heteroatoms. The number of non-ortho nitro benzene ring substituents is 1. The van der Waals surface area contributed by atoms with Crippen LogP contribution in [0.15, 0.2) is 50.2 Å². The number of aliphatic hydroxyl groups excluding tert-OH is 1. The second kappa shape index (κ2) is 5.17. The number of hydrogen-bond donors (Lipinski definition) is 1. The molecule has 0 aliphatic carbocycles. The van der Waals surface area contributed by atoms with Crippen molar-refractivity contribution in [2.45, 2.75) is 0 Å². The van der Waals surface area contributed by atoms with E-state index in [1.165, 1.54) is 24.5 Å². The Morgan fingerprint density at radius 1 is 1.36 bits per heavy atom. The summed E-state index contributed by atoms with van der Waals surface area (Å²) in [6.45, 7) is 0. The van der Waals surface area contributed by atoms with E-state index in [2.05, 4.69) is 4.98 Å². The zero-order valence-electron chi connectivity index (χ0n) is 10.9. The van der Waals surface area contributed by atoms with Crippen LogP contribution in [0.2, 0.25) is 0 Å². The number of hydrogen-bond acceptors (Lipinski definition) is 7. The first-order valence-corrected chi connectivity index (χ1v) is 6.08. The fourth-order valence-electron chi connectivity index (χ4n) is 1.83. The van der Waals surface area contributed by atoms with Crippen LogP contribution in [0.1, 0.15) is 11.5 Å². The predicted molar refractivity (Wildman–Crippen MR) is 76.1 cm³/mol. The third kappa shape index (κ3) is 2.44. The number of rotatable bonds is 3. The van der Waals surface area contributed by atoms with Crippen LogP contribution in [0, 0.1) is 10.1 Å². The molecule has 0 unspecified atom stereocenters. The van der Waals surface area contributed by atoms with Gasteiger partial charge in [0.2, 0.25) is 0 Å². The molecule has 2 aromatic heterocycles. The van der Waals surface area contributed by atoms with Crippen LogP contribution in [0.3, 0.4) is 0 Å². The molecule has 0 saturated carbocycles. The van der Waals surface area contributed by atoms with E-state index in [9.17, 15) is 20.0 Å². The Balaban J connectivity index is 2.10. The third-order valence-corrected chi connectivity index (χ3v) is 2.85. The van der Waals surface area contributed by atoms with Gasteiger partial charge in [-0.15, -0.1) is 0 Å². The van der Waals surface area contributed by atoms with Gasteiger partial charge in [0.05, 0.1) is 17.3 Å². The van der Waals surface area contributed by atoms with Gasteiger partial charge in [0.1, 0.15) is 5.52 Å². The lowest BCUT2D eigenvalue weighted by atomic mass is 10.2. The smallest absolute Gasteiger partial charge is 0.362 e. The molecule has 0 radical (unpaired) electrons. The first kappa shape index (κ1) is 13.6. The van der Waals surface area contributed by atoms with E-state index in [4.69, 9.17) is 8.83 Å². The molecule has 110 valence electrons. The van der Waals surface area contributed by atoms with Gasteiger partial charge in [0.25, 0.3) is 5.69 Å². The summed E-state index contributed by atoms with van der Waals surface area (Å²) in [6.07, 6.45) is 2.47. The Hall–Kier alpha value is -3.42. The van der Waals surface area contributed by atoms with Crippen molar-refractivity contribution in [1.29, 1.82) is 0 Å². The zero-order chi connectivity index (χ0) is 15.7. The molecule has 3 rings (SSSR count). The number of nitro benzene ring substituents is 1. The summed E-state index contributed by atoms with van der Waals surface area (Å²) in [6, 6.07) is 6.81. The summed E-state index contributed by atoms with van der Waals surface area (Å²) < 4.78 is 9.98. The zero-order valence-corrected chi connectivity index (χ0v) is 10.9. The van der Waals surface area contributed by atoms with Crippen molar-refractivity contribution in [1.82, 2.24) is 4.98 Å². The van der Waals surface area contributed by atoms with Crippen LogP contribution in [-0.4, -0.2) is 15.0 Å². The molecule has 0 aliphatic heterocycles.